The molecule has 0 saturated carbocycles. The molecule has 100 valence electrons. The Kier molecular flexibility index (Phi) is 4.87. The van der Waals surface area contributed by atoms with Crippen molar-refractivity contribution in [1.82, 2.24) is 5.16 Å². The normalized spacial score (nSPS) is 10.4. The summed E-state index contributed by atoms with van der Waals surface area (Å²) < 4.78 is 9.91. The summed E-state index contributed by atoms with van der Waals surface area (Å²) in [5, 5.41) is 4.37. The summed E-state index contributed by atoms with van der Waals surface area (Å²) in [6.07, 6.45) is 0. The van der Waals surface area contributed by atoms with E-state index in [0.717, 1.165) is 4.90 Å². The van der Waals surface area contributed by atoms with Crippen molar-refractivity contribution in [2.24, 2.45) is 0 Å². The fourth-order valence-electron chi connectivity index (χ4n) is 1.39. The summed E-state index contributed by atoms with van der Waals surface area (Å²) >= 11 is 7.57. The van der Waals surface area contributed by atoms with Crippen LogP contribution >= 0.6 is 23.4 Å². The highest BCUT2D eigenvalue weighted by molar-refractivity contribution is 7.98. The number of benzene rings is 1. The minimum absolute atomic E-state index is 0.191. The van der Waals surface area contributed by atoms with Crippen LogP contribution in [0.25, 0.3) is 0 Å². The summed E-state index contributed by atoms with van der Waals surface area (Å²) in [4.78, 5) is 12.4. The van der Waals surface area contributed by atoms with Crippen molar-refractivity contribution in [2.75, 3.05) is 6.61 Å². The average Bonchev–Trinajstić information content (AvgIpc) is 2.87. The largest absolute Gasteiger partial charge is 0.461 e. The summed E-state index contributed by atoms with van der Waals surface area (Å²) in [5.41, 5.74) is 0.191. The Morgan fingerprint density at radius 2 is 2.26 bits per heavy atom. The van der Waals surface area contributed by atoms with E-state index >= 15 is 0 Å². The highest BCUT2D eigenvalue weighted by Gasteiger charge is 2.13. The number of rotatable bonds is 5. The monoisotopic (exact) mass is 297 g/mol. The molecule has 0 bridgehead atoms. The van der Waals surface area contributed by atoms with Crippen molar-refractivity contribution in [3.8, 4) is 0 Å². The summed E-state index contributed by atoms with van der Waals surface area (Å²) in [6.45, 7) is 2.06. The first-order chi connectivity index (χ1) is 9.20. The molecule has 4 nitrogen and oxygen atoms in total. The van der Waals surface area contributed by atoms with Gasteiger partial charge in [0.25, 0.3) is 0 Å². The molecule has 0 unspecified atom stereocenters. The second-order valence-corrected chi connectivity index (χ2v) is 5.04. The molecule has 0 aliphatic rings. The van der Waals surface area contributed by atoms with Crippen LogP contribution in [0.2, 0.25) is 5.02 Å². The zero-order valence-corrected chi connectivity index (χ0v) is 11.8. The molecule has 2 rings (SSSR count). The van der Waals surface area contributed by atoms with Crippen molar-refractivity contribution >= 4 is 29.3 Å². The van der Waals surface area contributed by atoms with Crippen molar-refractivity contribution in [1.29, 1.82) is 0 Å². The predicted molar refractivity (Wildman–Crippen MR) is 73.5 cm³/mol. The maximum atomic E-state index is 11.4. The second-order valence-electron chi connectivity index (χ2n) is 3.62. The third kappa shape index (κ3) is 3.75. The van der Waals surface area contributed by atoms with Crippen molar-refractivity contribution < 1.29 is 14.1 Å². The molecule has 0 spiro atoms. The first-order valence-electron chi connectivity index (χ1n) is 5.70. The van der Waals surface area contributed by atoms with Crippen molar-refractivity contribution in [3.05, 3.63) is 46.8 Å². The smallest absolute Gasteiger partial charge is 0.360 e. The first-order valence-corrected chi connectivity index (χ1v) is 7.07. The van der Waals surface area contributed by atoms with Gasteiger partial charge in [-0.2, -0.15) is 0 Å². The van der Waals surface area contributed by atoms with Crippen LogP contribution in [0.15, 0.2) is 39.8 Å². The van der Waals surface area contributed by atoms with Gasteiger partial charge in [0, 0.05) is 11.0 Å². The highest BCUT2D eigenvalue weighted by atomic mass is 35.5. The number of ether oxygens (including phenoxy) is 1. The van der Waals surface area contributed by atoms with Gasteiger partial charge in [-0.25, -0.2) is 4.79 Å². The van der Waals surface area contributed by atoms with Gasteiger partial charge >= 0.3 is 5.97 Å². The van der Waals surface area contributed by atoms with Crippen LogP contribution in [0.1, 0.15) is 23.2 Å². The number of carbonyl (C=O) groups is 1. The summed E-state index contributed by atoms with van der Waals surface area (Å²) in [7, 11) is 0. The van der Waals surface area contributed by atoms with E-state index in [-0.39, 0.29) is 5.69 Å². The molecule has 6 heteroatoms. The predicted octanol–water partition coefficient (Wildman–Crippen LogP) is 3.80. The van der Waals surface area contributed by atoms with E-state index in [9.17, 15) is 4.79 Å². The van der Waals surface area contributed by atoms with E-state index < -0.39 is 5.97 Å². The Balaban J connectivity index is 1.97. The van der Waals surface area contributed by atoms with E-state index in [1.54, 1.807) is 13.0 Å². The fraction of sp³-hybridized carbons (Fsp3) is 0.231. The van der Waals surface area contributed by atoms with Crippen LogP contribution in [0.5, 0.6) is 0 Å². The molecule has 0 amide bonds. The molecule has 0 fully saturated rings. The Hall–Kier alpha value is -1.46. The van der Waals surface area contributed by atoms with Crippen LogP contribution in [0.3, 0.4) is 0 Å². The zero-order valence-electron chi connectivity index (χ0n) is 10.3. The van der Waals surface area contributed by atoms with Gasteiger partial charge in [-0.1, -0.05) is 28.9 Å². The lowest BCUT2D eigenvalue weighted by molar-refractivity contribution is 0.0514. The molecule has 1 aromatic carbocycles. The molecular weight excluding hydrogens is 286 g/mol. The Labute approximate surface area is 120 Å². The Morgan fingerprint density at radius 1 is 1.47 bits per heavy atom. The van der Waals surface area contributed by atoms with Crippen LogP contribution < -0.4 is 0 Å². The molecule has 0 N–H and O–H groups in total. The number of esters is 1. The highest BCUT2D eigenvalue weighted by Crippen LogP contribution is 2.29. The van der Waals surface area contributed by atoms with Gasteiger partial charge in [0.05, 0.1) is 17.4 Å². The third-order valence-electron chi connectivity index (χ3n) is 2.25. The zero-order chi connectivity index (χ0) is 13.7. The van der Waals surface area contributed by atoms with Crippen molar-refractivity contribution in [3.63, 3.8) is 0 Å². The Morgan fingerprint density at radius 3 is 3.00 bits per heavy atom. The lowest BCUT2D eigenvalue weighted by Crippen LogP contribution is -2.04. The quantitative estimate of drug-likeness (QED) is 0.620. The molecule has 0 radical (unpaired) electrons. The second kappa shape index (κ2) is 6.63. The van der Waals surface area contributed by atoms with E-state index in [4.69, 9.17) is 20.9 Å². The number of aromatic nitrogens is 1. The van der Waals surface area contributed by atoms with Gasteiger partial charge in [-0.15, -0.1) is 11.8 Å². The topological polar surface area (TPSA) is 52.3 Å². The average molecular weight is 298 g/mol. The van der Waals surface area contributed by atoms with Gasteiger partial charge < -0.3 is 9.26 Å². The van der Waals surface area contributed by atoms with E-state index in [0.29, 0.717) is 23.1 Å². The number of nitrogens with zero attached hydrogens (tertiary/aromatic N) is 1. The maximum Gasteiger partial charge on any atom is 0.360 e. The van der Waals surface area contributed by atoms with Crippen LogP contribution in [-0.4, -0.2) is 17.7 Å². The standard InChI is InChI=1S/C13H12ClNO3S/c1-2-17-13(16)11-7-9(18-15-11)8-19-12-6-4-3-5-10(12)14/h3-7H,2,8H2,1H3. The number of thioether (sulfide) groups is 1. The van der Waals surface area contributed by atoms with Gasteiger partial charge in [0.1, 0.15) is 5.76 Å². The molecular formula is C13H12ClNO3S. The number of halogens is 1. The number of hydrogen-bond acceptors (Lipinski definition) is 5. The number of hydrogen-bond donors (Lipinski definition) is 0. The molecule has 0 saturated heterocycles. The van der Waals surface area contributed by atoms with Gasteiger partial charge in [0.15, 0.2) is 5.69 Å². The van der Waals surface area contributed by atoms with Gasteiger partial charge in [-0.3, -0.25) is 0 Å². The van der Waals surface area contributed by atoms with E-state index in [1.165, 1.54) is 11.8 Å². The molecule has 0 aliphatic heterocycles. The van der Waals surface area contributed by atoms with Crippen LogP contribution in [-0.2, 0) is 10.5 Å². The summed E-state index contributed by atoms with van der Waals surface area (Å²) in [5.74, 6) is 0.684. The minimum Gasteiger partial charge on any atom is -0.461 e. The molecule has 1 heterocycles. The molecule has 0 atom stereocenters. The lowest BCUT2D eigenvalue weighted by atomic mass is 10.4. The minimum atomic E-state index is -0.472. The fourth-order valence-corrected chi connectivity index (χ4v) is 2.51. The van der Waals surface area contributed by atoms with Gasteiger partial charge in [-0.05, 0) is 19.1 Å². The third-order valence-corrected chi connectivity index (χ3v) is 3.79. The molecule has 19 heavy (non-hydrogen) atoms. The van der Waals surface area contributed by atoms with Crippen LogP contribution in [0, 0.1) is 0 Å². The SMILES string of the molecule is CCOC(=O)c1cc(CSc2ccccc2Cl)on1. The molecule has 1 aromatic heterocycles. The summed E-state index contributed by atoms with van der Waals surface area (Å²) in [6, 6.07) is 9.13. The molecule has 0 aliphatic carbocycles. The maximum absolute atomic E-state index is 11.4. The van der Waals surface area contributed by atoms with Gasteiger partial charge in [0.2, 0.25) is 0 Å². The van der Waals surface area contributed by atoms with E-state index in [2.05, 4.69) is 5.16 Å². The number of carbonyl (C=O) groups excluding carboxylic acids is 1. The van der Waals surface area contributed by atoms with Crippen molar-refractivity contribution in [2.45, 2.75) is 17.6 Å². The van der Waals surface area contributed by atoms with E-state index in [1.807, 2.05) is 24.3 Å². The van der Waals surface area contributed by atoms with Crippen LogP contribution in [0.4, 0.5) is 0 Å². The lowest BCUT2D eigenvalue weighted by Gasteiger charge is -2.00. The Bertz CT molecular complexity index is 571. The first kappa shape index (κ1) is 14.0. The molecule has 2 aromatic rings.